The van der Waals surface area contributed by atoms with Gasteiger partial charge in [0.05, 0.1) is 5.69 Å². The first kappa shape index (κ1) is 21.5. The second-order valence-electron chi connectivity index (χ2n) is 7.65. The van der Waals surface area contributed by atoms with Crippen molar-refractivity contribution in [2.45, 2.75) is 60.1 Å². The molecular formula is C23H28N4O3. The van der Waals surface area contributed by atoms with Crippen LogP contribution < -0.4 is 5.32 Å². The summed E-state index contributed by atoms with van der Waals surface area (Å²) >= 11 is 0. The third-order valence-electron chi connectivity index (χ3n) is 5.13. The summed E-state index contributed by atoms with van der Waals surface area (Å²) in [7, 11) is 0. The summed E-state index contributed by atoms with van der Waals surface area (Å²) in [6.07, 6.45) is -0.194. The molecule has 1 N–H and O–H groups in total. The zero-order chi connectivity index (χ0) is 21.8. The molecule has 3 aromatic rings. The first-order chi connectivity index (χ1) is 14.2. The van der Waals surface area contributed by atoms with Crippen LogP contribution in [0.1, 0.15) is 47.1 Å². The highest BCUT2D eigenvalue weighted by Gasteiger charge is 2.19. The number of aromatic nitrogens is 3. The van der Waals surface area contributed by atoms with Crippen molar-refractivity contribution in [3.05, 3.63) is 64.1 Å². The van der Waals surface area contributed by atoms with E-state index in [0.29, 0.717) is 13.0 Å². The van der Waals surface area contributed by atoms with Crippen LogP contribution >= 0.6 is 0 Å². The normalized spacial score (nSPS) is 12.0. The number of nitrogens with one attached hydrogen (secondary N) is 1. The lowest BCUT2D eigenvalue weighted by Gasteiger charge is -2.15. The standard InChI is InChI=1S/C23H28N4O3/c1-14-6-8-19(9-7-14)13-24-23(29)18(5)30-22(28)11-10-20-16(3)25-21-12-15(2)26-27(21)17(20)4/h6-9,12,18H,10-11,13H2,1-5H3,(H,24,29)/t18-/m0/s1. The van der Waals surface area contributed by atoms with Gasteiger partial charge in [-0.05, 0) is 52.2 Å². The number of hydrogen-bond acceptors (Lipinski definition) is 5. The van der Waals surface area contributed by atoms with Gasteiger partial charge >= 0.3 is 5.97 Å². The van der Waals surface area contributed by atoms with Crippen molar-refractivity contribution in [3.63, 3.8) is 0 Å². The lowest BCUT2D eigenvalue weighted by atomic mass is 10.1. The second kappa shape index (κ2) is 9.07. The fourth-order valence-corrected chi connectivity index (χ4v) is 3.38. The number of amides is 1. The van der Waals surface area contributed by atoms with Crippen LogP contribution in [0.3, 0.4) is 0 Å². The number of fused-ring (bicyclic) bond motifs is 1. The topological polar surface area (TPSA) is 85.6 Å². The molecule has 0 aliphatic rings. The molecule has 0 aliphatic heterocycles. The molecule has 7 heteroatoms. The summed E-state index contributed by atoms with van der Waals surface area (Å²) in [5.74, 6) is -0.727. The number of carbonyl (C=O) groups is 2. The van der Waals surface area contributed by atoms with Crippen molar-refractivity contribution in [3.8, 4) is 0 Å². The zero-order valence-corrected chi connectivity index (χ0v) is 18.2. The van der Waals surface area contributed by atoms with E-state index in [2.05, 4.69) is 15.4 Å². The minimum atomic E-state index is -0.848. The van der Waals surface area contributed by atoms with Crippen molar-refractivity contribution < 1.29 is 14.3 Å². The molecule has 3 rings (SSSR count). The maximum absolute atomic E-state index is 12.3. The number of benzene rings is 1. The van der Waals surface area contributed by atoms with Crippen LogP contribution in [0.15, 0.2) is 30.3 Å². The summed E-state index contributed by atoms with van der Waals surface area (Å²) in [6.45, 7) is 9.81. The maximum Gasteiger partial charge on any atom is 0.306 e. The number of carbonyl (C=O) groups excluding carboxylic acids is 2. The molecule has 0 unspecified atom stereocenters. The number of hydrogen-bond donors (Lipinski definition) is 1. The highest BCUT2D eigenvalue weighted by atomic mass is 16.5. The SMILES string of the molecule is Cc1ccc(CNC(=O)[C@H](C)OC(=O)CCc2c(C)nc3cc(C)nn3c2C)cc1. The van der Waals surface area contributed by atoms with Crippen LogP contribution in [0.4, 0.5) is 0 Å². The van der Waals surface area contributed by atoms with Crippen LogP contribution in [0.25, 0.3) is 5.65 Å². The molecule has 1 atom stereocenters. The largest absolute Gasteiger partial charge is 0.453 e. The van der Waals surface area contributed by atoms with Gasteiger partial charge in [-0.25, -0.2) is 9.50 Å². The molecule has 7 nitrogen and oxygen atoms in total. The molecule has 1 aromatic carbocycles. The van der Waals surface area contributed by atoms with Gasteiger partial charge in [0.2, 0.25) is 0 Å². The third-order valence-corrected chi connectivity index (χ3v) is 5.13. The van der Waals surface area contributed by atoms with Gasteiger partial charge in [-0.2, -0.15) is 5.10 Å². The van der Waals surface area contributed by atoms with Gasteiger partial charge in [0.15, 0.2) is 11.8 Å². The molecule has 0 saturated carbocycles. The minimum Gasteiger partial charge on any atom is -0.453 e. The maximum atomic E-state index is 12.3. The number of rotatable bonds is 7. The number of aryl methyl sites for hydroxylation is 4. The smallest absolute Gasteiger partial charge is 0.306 e. The van der Waals surface area contributed by atoms with Crippen molar-refractivity contribution >= 4 is 17.5 Å². The van der Waals surface area contributed by atoms with E-state index in [0.717, 1.165) is 39.4 Å². The minimum absolute atomic E-state index is 0.171. The Hall–Kier alpha value is -3.22. The van der Waals surface area contributed by atoms with E-state index in [-0.39, 0.29) is 12.3 Å². The molecule has 2 aromatic heterocycles. The highest BCUT2D eigenvalue weighted by molar-refractivity contribution is 5.83. The number of esters is 1. The molecule has 0 spiro atoms. The Morgan fingerprint density at radius 3 is 2.53 bits per heavy atom. The predicted octanol–water partition coefficient (Wildman–Crippen LogP) is 3.14. The van der Waals surface area contributed by atoms with Crippen molar-refractivity contribution in [1.29, 1.82) is 0 Å². The van der Waals surface area contributed by atoms with E-state index in [1.807, 2.05) is 58.0 Å². The average Bonchev–Trinajstić information content (AvgIpc) is 3.07. The molecule has 30 heavy (non-hydrogen) atoms. The summed E-state index contributed by atoms with van der Waals surface area (Å²) in [4.78, 5) is 29.1. The molecule has 1 amide bonds. The zero-order valence-electron chi connectivity index (χ0n) is 18.2. The molecule has 0 aliphatic carbocycles. The Morgan fingerprint density at radius 1 is 1.13 bits per heavy atom. The summed E-state index contributed by atoms with van der Waals surface area (Å²) in [5.41, 5.74) is 6.66. The van der Waals surface area contributed by atoms with E-state index in [9.17, 15) is 9.59 Å². The quantitative estimate of drug-likeness (QED) is 0.607. The monoisotopic (exact) mass is 408 g/mol. The van der Waals surface area contributed by atoms with E-state index in [4.69, 9.17) is 4.74 Å². The first-order valence-electron chi connectivity index (χ1n) is 10.1. The number of nitrogens with zero attached hydrogens (tertiary/aromatic N) is 3. The molecule has 0 saturated heterocycles. The van der Waals surface area contributed by atoms with E-state index < -0.39 is 12.1 Å². The van der Waals surface area contributed by atoms with E-state index in [1.165, 1.54) is 0 Å². The van der Waals surface area contributed by atoms with E-state index in [1.54, 1.807) is 11.4 Å². The van der Waals surface area contributed by atoms with Crippen LogP contribution in [0.2, 0.25) is 0 Å². The van der Waals surface area contributed by atoms with Gasteiger partial charge in [-0.3, -0.25) is 9.59 Å². The fraction of sp³-hybridized carbons (Fsp3) is 0.391. The van der Waals surface area contributed by atoms with Gasteiger partial charge in [0.1, 0.15) is 0 Å². The molecule has 0 bridgehead atoms. The summed E-state index contributed by atoms with van der Waals surface area (Å²) < 4.78 is 7.11. The van der Waals surface area contributed by atoms with Crippen LogP contribution in [-0.4, -0.2) is 32.6 Å². The van der Waals surface area contributed by atoms with Crippen molar-refractivity contribution in [1.82, 2.24) is 19.9 Å². The Morgan fingerprint density at radius 2 is 1.83 bits per heavy atom. The third kappa shape index (κ3) is 5.03. The summed E-state index contributed by atoms with van der Waals surface area (Å²) in [6, 6.07) is 9.83. The van der Waals surface area contributed by atoms with Crippen molar-refractivity contribution in [2.24, 2.45) is 0 Å². The van der Waals surface area contributed by atoms with Crippen LogP contribution in [0.5, 0.6) is 0 Å². The lowest BCUT2D eigenvalue weighted by molar-refractivity contribution is -0.154. The fourth-order valence-electron chi connectivity index (χ4n) is 3.38. The Bertz CT molecular complexity index is 1070. The van der Waals surface area contributed by atoms with Gasteiger partial charge in [-0.15, -0.1) is 0 Å². The first-order valence-corrected chi connectivity index (χ1v) is 10.1. The summed E-state index contributed by atoms with van der Waals surface area (Å²) in [5, 5.41) is 7.25. The Balaban J connectivity index is 1.53. The van der Waals surface area contributed by atoms with Gasteiger partial charge in [0, 0.05) is 30.4 Å². The van der Waals surface area contributed by atoms with Crippen molar-refractivity contribution in [2.75, 3.05) is 0 Å². The van der Waals surface area contributed by atoms with E-state index >= 15 is 0 Å². The van der Waals surface area contributed by atoms with Gasteiger partial charge in [-0.1, -0.05) is 29.8 Å². The Kier molecular flexibility index (Phi) is 6.50. The molecule has 0 fully saturated rings. The highest BCUT2D eigenvalue weighted by Crippen LogP contribution is 2.17. The predicted molar refractivity (Wildman–Crippen MR) is 114 cm³/mol. The molecule has 0 radical (unpaired) electrons. The van der Waals surface area contributed by atoms with Crippen LogP contribution in [-0.2, 0) is 27.3 Å². The Labute approximate surface area is 176 Å². The molecule has 158 valence electrons. The second-order valence-corrected chi connectivity index (χ2v) is 7.65. The van der Waals surface area contributed by atoms with Gasteiger partial charge < -0.3 is 10.1 Å². The average molecular weight is 409 g/mol. The molecule has 2 heterocycles. The lowest BCUT2D eigenvalue weighted by Crippen LogP contribution is -2.35. The van der Waals surface area contributed by atoms with Gasteiger partial charge in [0.25, 0.3) is 5.91 Å². The molecular weight excluding hydrogens is 380 g/mol. The van der Waals surface area contributed by atoms with Crippen LogP contribution in [0, 0.1) is 27.7 Å². The number of ether oxygens (including phenoxy) is 1.